The minimum Gasteiger partial charge on any atom is -0.495 e. The lowest BCUT2D eigenvalue weighted by Crippen LogP contribution is -2.19. The van der Waals surface area contributed by atoms with Gasteiger partial charge in [-0.15, -0.1) is 0 Å². The second kappa shape index (κ2) is 5.92. The van der Waals surface area contributed by atoms with Gasteiger partial charge in [0.15, 0.2) is 0 Å². The molecule has 2 heterocycles. The van der Waals surface area contributed by atoms with Gasteiger partial charge in [0, 0.05) is 16.3 Å². The first kappa shape index (κ1) is 15.4. The van der Waals surface area contributed by atoms with Crippen LogP contribution in [-0.2, 0) is 6.54 Å². The SMILES string of the molecule is COc1ccc(Cl)cc1NCc1nc2nc(C)c(C)c(=O)n2[nH]1. The molecule has 0 aliphatic carbocycles. The molecular weight excluding hydrogens is 318 g/mol. The molecule has 120 valence electrons. The molecule has 3 rings (SSSR count). The molecule has 0 radical (unpaired) electrons. The molecule has 2 aromatic heterocycles. The molecule has 0 spiro atoms. The van der Waals surface area contributed by atoms with Crippen LogP contribution in [0.25, 0.3) is 5.78 Å². The predicted octanol–water partition coefficient (Wildman–Crippen LogP) is 2.31. The van der Waals surface area contributed by atoms with Crippen molar-refractivity contribution in [2.45, 2.75) is 20.4 Å². The number of H-pyrrole nitrogens is 1. The molecule has 0 saturated heterocycles. The molecular formula is C15H16ClN5O2. The van der Waals surface area contributed by atoms with Gasteiger partial charge in [-0.3, -0.25) is 9.89 Å². The second-order valence-electron chi connectivity index (χ2n) is 5.13. The highest BCUT2D eigenvalue weighted by Crippen LogP contribution is 2.27. The number of ether oxygens (including phenoxy) is 1. The molecule has 0 amide bonds. The number of halogens is 1. The third kappa shape index (κ3) is 2.87. The summed E-state index contributed by atoms with van der Waals surface area (Å²) in [7, 11) is 1.59. The summed E-state index contributed by atoms with van der Waals surface area (Å²) in [5.41, 5.74) is 1.87. The van der Waals surface area contributed by atoms with Gasteiger partial charge >= 0.3 is 0 Å². The second-order valence-corrected chi connectivity index (χ2v) is 5.57. The molecule has 2 N–H and O–H groups in total. The molecule has 0 aliphatic rings. The van der Waals surface area contributed by atoms with Gasteiger partial charge in [-0.25, -0.2) is 4.98 Å². The molecule has 0 aliphatic heterocycles. The van der Waals surface area contributed by atoms with Crippen LogP contribution in [0.1, 0.15) is 17.1 Å². The van der Waals surface area contributed by atoms with Gasteiger partial charge in [-0.2, -0.15) is 9.50 Å². The number of nitrogens with one attached hydrogen (secondary N) is 2. The summed E-state index contributed by atoms with van der Waals surface area (Å²) < 4.78 is 6.62. The summed E-state index contributed by atoms with van der Waals surface area (Å²) in [6.45, 7) is 3.91. The lowest BCUT2D eigenvalue weighted by molar-refractivity contribution is 0.416. The lowest BCUT2D eigenvalue weighted by Gasteiger charge is -2.10. The number of anilines is 1. The van der Waals surface area contributed by atoms with Gasteiger partial charge in [0.05, 0.1) is 19.3 Å². The van der Waals surface area contributed by atoms with Crippen LogP contribution in [0.2, 0.25) is 5.02 Å². The highest BCUT2D eigenvalue weighted by molar-refractivity contribution is 6.30. The van der Waals surface area contributed by atoms with Gasteiger partial charge in [-0.1, -0.05) is 11.6 Å². The molecule has 7 nitrogen and oxygen atoms in total. The van der Waals surface area contributed by atoms with Crippen LogP contribution in [0.4, 0.5) is 5.69 Å². The van der Waals surface area contributed by atoms with Crippen molar-refractivity contribution in [1.29, 1.82) is 0 Å². The van der Waals surface area contributed by atoms with E-state index in [0.717, 1.165) is 5.69 Å². The number of fused-ring (bicyclic) bond motifs is 1. The zero-order valence-electron chi connectivity index (χ0n) is 13.0. The van der Waals surface area contributed by atoms with Crippen LogP contribution >= 0.6 is 11.6 Å². The molecule has 1 aromatic carbocycles. The molecule has 0 fully saturated rings. The average molecular weight is 334 g/mol. The van der Waals surface area contributed by atoms with Crippen molar-refractivity contribution >= 4 is 23.1 Å². The molecule has 23 heavy (non-hydrogen) atoms. The van der Waals surface area contributed by atoms with Crippen molar-refractivity contribution in [1.82, 2.24) is 19.6 Å². The zero-order chi connectivity index (χ0) is 16.6. The summed E-state index contributed by atoms with van der Waals surface area (Å²) in [4.78, 5) is 20.8. The molecule has 0 saturated carbocycles. The van der Waals surface area contributed by atoms with Crippen LogP contribution in [0.5, 0.6) is 5.75 Å². The van der Waals surface area contributed by atoms with E-state index in [2.05, 4.69) is 20.4 Å². The van der Waals surface area contributed by atoms with Gasteiger partial charge in [0.1, 0.15) is 11.6 Å². The van der Waals surface area contributed by atoms with Crippen molar-refractivity contribution in [3.8, 4) is 5.75 Å². The monoisotopic (exact) mass is 333 g/mol. The third-order valence-corrected chi connectivity index (χ3v) is 3.85. The first-order valence-corrected chi connectivity index (χ1v) is 7.39. The highest BCUT2D eigenvalue weighted by atomic mass is 35.5. The number of methoxy groups -OCH3 is 1. The fourth-order valence-electron chi connectivity index (χ4n) is 2.22. The Bertz CT molecular complexity index is 931. The van der Waals surface area contributed by atoms with Crippen LogP contribution in [0.15, 0.2) is 23.0 Å². The van der Waals surface area contributed by atoms with Crippen LogP contribution in [0, 0.1) is 13.8 Å². The zero-order valence-corrected chi connectivity index (χ0v) is 13.7. The Morgan fingerprint density at radius 1 is 1.35 bits per heavy atom. The first-order valence-electron chi connectivity index (χ1n) is 7.02. The van der Waals surface area contributed by atoms with Crippen LogP contribution in [-0.4, -0.2) is 26.7 Å². The van der Waals surface area contributed by atoms with Crippen molar-refractivity contribution in [2.24, 2.45) is 0 Å². The van der Waals surface area contributed by atoms with Gasteiger partial charge < -0.3 is 10.1 Å². The summed E-state index contributed by atoms with van der Waals surface area (Å²) in [6.07, 6.45) is 0. The maximum Gasteiger partial charge on any atom is 0.277 e. The maximum absolute atomic E-state index is 12.2. The van der Waals surface area contributed by atoms with E-state index in [-0.39, 0.29) is 5.56 Å². The summed E-state index contributed by atoms with van der Waals surface area (Å²) >= 11 is 6.00. The van der Waals surface area contributed by atoms with E-state index in [1.54, 1.807) is 39.2 Å². The number of nitrogens with zero attached hydrogens (tertiary/aromatic N) is 3. The van der Waals surface area contributed by atoms with Crippen molar-refractivity contribution in [3.63, 3.8) is 0 Å². The van der Waals surface area contributed by atoms with Gasteiger partial charge in [0.25, 0.3) is 11.3 Å². The number of hydrogen-bond acceptors (Lipinski definition) is 5. The predicted molar refractivity (Wildman–Crippen MR) is 88.4 cm³/mol. The fourth-order valence-corrected chi connectivity index (χ4v) is 2.40. The number of benzene rings is 1. The van der Waals surface area contributed by atoms with Gasteiger partial charge in [-0.05, 0) is 32.0 Å². The Morgan fingerprint density at radius 3 is 2.87 bits per heavy atom. The largest absolute Gasteiger partial charge is 0.495 e. The normalized spacial score (nSPS) is 11.0. The molecule has 0 bridgehead atoms. The lowest BCUT2D eigenvalue weighted by atomic mass is 10.3. The Labute approximate surface area is 137 Å². The number of hydrogen-bond donors (Lipinski definition) is 2. The minimum atomic E-state index is -0.147. The number of aromatic nitrogens is 4. The van der Waals surface area contributed by atoms with E-state index in [9.17, 15) is 4.79 Å². The quantitative estimate of drug-likeness (QED) is 0.765. The summed E-state index contributed by atoms with van der Waals surface area (Å²) in [6, 6.07) is 5.30. The molecule has 0 unspecified atom stereocenters. The van der Waals surface area contributed by atoms with E-state index >= 15 is 0 Å². The molecule has 0 atom stereocenters. The van der Waals surface area contributed by atoms with E-state index in [1.807, 2.05) is 0 Å². The first-order chi connectivity index (χ1) is 11.0. The Morgan fingerprint density at radius 2 is 2.13 bits per heavy atom. The number of aromatic amines is 1. The molecule has 8 heteroatoms. The van der Waals surface area contributed by atoms with Crippen LogP contribution < -0.4 is 15.6 Å². The number of aryl methyl sites for hydroxylation is 1. The van der Waals surface area contributed by atoms with Crippen molar-refractivity contribution < 1.29 is 4.74 Å². The van der Waals surface area contributed by atoms with E-state index in [1.165, 1.54) is 4.52 Å². The van der Waals surface area contributed by atoms with E-state index in [0.29, 0.717) is 40.2 Å². The standard InChI is InChI=1S/C15H16ClN5O2/c1-8-9(2)18-15-19-13(20-21(15)14(8)22)7-17-11-6-10(16)4-5-12(11)23-3/h4-6,17H,7H2,1-3H3,(H,18,19,20). The number of rotatable bonds is 4. The van der Waals surface area contributed by atoms with E-state index < -0.39 is 0 Å². The minimum absolute atomic E-state index is 0.147. The Kier molecular flexibility index (Phi) is 3.96. The van der Waals surface area contributed by atoms with Gasteiger partial charge in [0.2, 0.25) is 0 Å². The maximum atomic E-state index is 12.2. The third-order valence-electron chi connectivity index (χ3n) is 3.62. The smallest absolute Gasteiger partial charge is 0.277 e. The summed E-state index contributed by atoms with van der Waals surface area (Å²) in [5, 5.41) is 6.73. The average Bonchev–Trinajstić information content (AvgIpc) is 2.94. The summed E-state index contributed by atoms with van der Waals surface area (Å²) in [5.74, 6) is 1.61. The Hall–Kier alpha value is -2.54. The Balaban J connectivity index is 1.90. The van der Waals surface area contributed by atoms with Crippen LogP contribution in [0.3, 0.4) is 0 Å². The molecule has 3 aromatic rings. The van der Waals surface area contributed by atoms with Crippen molar-refractivity contribution in [2.75, 3.05) is 12.4 Å². The van der Waals surface area contributed by atoms with E-state index in [4.69, 9.17) is 16.3 Å². The topological polar surface area (TPSA) is 84.3 Å². The van der Waals surface area contributed by atoms with Crippen molar-refractivity contribution in [3.05, 3.63) is 50.7 Å². The highest BCUT2D eigenvalue weighted by Gasteiger charge is 2.11. The fraction of sp³-hybridized carbons (Fsp3) is 0.267.